The van der Waals surface area contributed by atoms with Gasteiger partial charge in [-0.15, -0.1) is 11.3 Å². The number of carbonyl (C=O) groups is 2. The van der Waals surface area contributed by atoms with Gasteiger partial charge in [0.05, 0.1) is 21.7 Å². The smallest absolute Gasteiger partial charge is 0.544 e. The first-order valence-corrected chi connectivity index (χ1v) is 4.78. The molecule has 1 aliphatic rings. The fourth-order valence-electron chi connectivity index (χ4n) is 1.22. The zero-order valence-electron chi connectivity index (χ0n) is 7.98. The van der Waals surface area contributed by atoms with E-state index in [0.717, 1.165) is 0 Å². The molecule has 1 aromatic heterocycles. The van der Waals surface area contributed by atoms with Crippen molar-refractivity contribution in [3.63, 3.8) is 0 Å². The predicted octanol–water partition coefficient (Wildman–Crippen LogP) is -1.76. The van der Waals surface area contributed by atoms with Crippen molar-refractivity contribution in [1.82, 2.24) is 0 Å². The van der Waals surface area contributed by atoms with E-state index < -0.39 is 11.9 Å². The van der Waals surface area contributed by atoms with Crippen LogP contribution in [0, 0.1) is 0 Å². The maximum absolute atomic E-state index is 10.7. The maximum atomic E-state index is 10.7. The Hall–Kier alpha value is -0.838. The summed E-state index contributed by atoms with van der Waals surface area (Å²) in [5.41, 5.74) is 0. The molecule has 0 fully saturated rings. The molecule has 2 heterocycles. The molecule has 0 atom stereocenters. The van der Waals surface area contributed by atoms with Gasteiger partial charge in [0.25, 0.3) is 0 Å². The number of carbonyl (C=O) groups excluding carboxylic acids is 2. The number of hydrogen-bond donors (Lipinski definition) is 0. The van der Waals surface area contributed by atoms with Gasteiger partial charge in [-0.25, -0.2) is 0 Å². The van der Waals surface area contributed by atoms with Gasteiger partial charge < -0.3 is 29.3 Å². The van der Waals surface area contributed by atoms with E-state index in [0.29, 0.717) is 11.3 Å². The summed E-state index contributed by atoms with van der Waals surface area (Å²) in [4.78, 5) is 20.7. The second-order valence-electron chi connectivity index (χ2n) is 2.69. The molecular formula is C8H4CdO6S. The number of ether oxygens (including phenoxy) is 2. The first kappa shape index (κ1) is 13.2. The van der Waals surface area contributed by atoms with Crippen LogP contribution >= 0.6 is 11.3 Å². The van der Waals surface area contributed by atoms with Gasteiger partial charge in [-0.05, 0) is 0 Å². The Morgan fingerprint density at radius 1 is 1.00 bits per heavy atom. The molecule has 1 aliphatic heterocycles. The first-order valence-electron chi connectivity index (χ1n) is 3.96. The molecule has 0 spiro atoms. The Labute approximate surface area is 114 Å². The first-order chi connectivity index (χ1) is 7.11. The maximum Gasteiger partial charge on any atom is 2.00 e. The number of aromatic carboxylic acids is 2. The minimum atomic E-state index is -1.49. The third-order valence-electron chi connectivity index (χ3n) is 1.77. The molecule has 0 saturated heterocycles. The van der Waals surface area contributed by atoms with Crippen LogP contribution in [0.4, 0.5) is 0 Å². The van der Waals surface area contributed by atoms with Gasteiger partial charge in [0.1, 0.15) is 13.2 Å². The van der Waals surface area contributed by atoms with E-state index in [1.165, 1.54) is 0 Å². The zero-order valence-corrected chi connectivity index (χ0v) is 12.8. The summed E-state index contributed by atoms with van der Waals surface area (Å²) in [6.07, 6.45) is 0. The molecule has 6 nitrogen and oxygen atoms in total. The molecule has 1 aromatic rings. The van der Waals surface area contributed by atoms with Crippen LogP contribution in [-0.4, -0.2) is 25.2 Å². The standard InChI is InChI=1S/C8H6O6S.Cd/c9-7(10)5-3-4(14-2-1-13-3)6(15-5)8(11)12;/h1-2H2,(H,9,10)(H,11,12);/q;+2/p-2. The largest absolute Gasteiger partial charge is 2.00 e. The fraction of sp³-hybridized carbons (Fsp3) is 0.250. The average molecular weight is 341 g/mol. The van der Waals surface area contributed by atoms with Crippen LogP contribution in [0.5, 0.6) is 11.5 Å². The van der Waals surface area contributed by atoms with Gasteiger partial charge in [-0.1, -0.05) is 0 Å². The number of carboxylic acid groups (broad SMARTS) is 2. The molecule has 16 heavy (non-hydrogen) atoms. The van der Waals surface area contributed by atoms with Gasteiger partial charge in [0, 0.05) is 0 Å². The van der Waals surface area contributed by atoms with E-state index >= 15 is 0 Å². The van der Waals surface area contributed by atoms with Crippen molar-refractivity contribution in [2.24, 2.45) is 0 Å². The van der Waals surface area contributed by atoms with Crippen molar-refractivity contribution in [2.75, 3.05) is 13.2 Å². The van der Waals surface area contributed by atoms with Crippen LogP contribution in [0.1, 0.15) is 19.3 Å². The predicted molar refractivity (Wildman–Crippen MR) is 44.0 cm³/mol. The monoisotopic (exact) mass is 342 g/mol. The van der Waals surface area contributed by atoms with Crippen molar-refractivity contribution in [2.45, 2.75) is 0 Å². The molecule has 2 rings (SSSR count). The van der Waals surface area contributed by atoms with Gasteiger partial charge in [-0.2, -0.15) is 0 Å². The summed E-state index contributed by atoms with van der Waals surface area (Å²) >= 11 is 0.517. The topological polar surface area (TPSA) is 98.7 Å². The molecule has 0 aromatic carbocycles. The van der Waals surface area contributed by atoms with Gasteiger partial charge >= 0.3 is 27.3 Å². The molecule has 0 saturated carbocycles. The van der Waals surface area contributed by atoms with Crippen LogP contribution in [0.25, 0.3) is 0 Å². The molecule has 80 valence electrons. The number of rotatable bonds is 2. The molecule has 8 heteroatoms. The third kappa shape index (κ3) is 2.14. The molecule has 0 bridgehead atoms. The Morgan fingerprint density at radius 2 is 1.38 bits per heavy atom. The Kier molecular flexibility index (Phi) is 4.13. The average Bonchev–Trinajstić information content (AvgIpc) is 2.56. The zero-order chi connectivity index (χ0) is 11.0. The Bertz CT molecular complexity index is 401. The Balaban J connectivity index is 0.00000128. The summed E-state index contributed by atoms with van der Waals surface area (Å²) in [7, 11) is 0. The van der Waals surface area contributed by atoms with Gasteiger partial charge in [0.2, 0.25) is 0 Å². The number of carboxylic acids is 2. The quantitative estimate of drug-likeness (QED) is 0.592. The van der Waals surface area contributed by atoms with E-state index in [9.17, 15) is 19.8 Å². The fourth-order valence-corrected chi connectivity index (χ4v) is 2.08. The van der Waals surface area contributed by atoms with Crippen LogP contribution in [0.2, 0.25) is 0 Å². The molecule has 0 aliphatic carbocycles. The molecule has 0 amide bonds. The van der Waals surface area contributed by atoms with Crippen molar-refractivity contribution >= 4 is 23.3 Å². The van der Waals surface area contributed by atoms with E-state index in [1.807, 2.05) is 0 Å². The summed E-state index contributed by atoms with van der Waals surface area (Å²) in [5, 5.41) is 21.3. The van der Waals surface area contributed by atoms with E-state index in [-0.39, 0.29) is 61.8 Å². The molecule has 0 unspecified atom stereocenters. The Morgan fingerprint density at radius 3 is 1.69 bits per heavy atom. The van der Waals surface area contributed by atoms with Gasteiger partial charge in [-0.3, -0.25) is 0 Å². The van der Waals surface area contributed by atoms with Crippen molar-refractivity contribution < 1.29 is 56.6 Å². The minimum absolute atomic E-state index is 0. The normalized spacial score (nSPS) is 12.8. The van der Waals surface area contributed by atoms with Crippen molar-refractivity contribution in [3.05, 3.63) is 9.75 Å². The summed E-state index contributed by atoms with van der Waals surface area (Å²) < 4.78 is 10.0. The van der Waals surface area contributed by atoms with E-state index in [4.69, 9.17) is 9.47 Å². The van der Waals surface area contributed by atoms with Crippen LogP contribution in [0.3, 0.4) is 0 Å². The minimum Gasteiger partial charge on any atom is -0.544 e. The molecular weight excluding hydrogens is 337 g/mol. The number of hydrogen-bond acceptors (Lipinski definition) is 7. The van der Waals surface area contributed by atoms with Crippen LogP contribution in [-0.2, 0) is 27.3 Å². The van der Waals surface area contributed by atoms with Crippen LogP contribution in [0.15, 0.2) is 0 Å². The summed E-state index contributed by atoms with van der Waals surface area (Å²) in [5.74, 6) is -3.14. The summed E-state index contributed by atoms with van der Waals surface area (Å²) in [6.45, 7) is 0.354. The van der Waals surface area contributed by atoms with Crippen LogP contribution < -0.4 is 19.7 Å². The van der Waals surface area contributed by atoms with E-state index in [1.54, 1.807) is 0 Å². The van der Waals surface area contributed by atoms with Crippen molar-refractivity contribution in [3.8, 4) is 11.5 Å². The third-order valence-corrected chi connectivity index (χ3v) is 2.88. The van der Waals surface area contributed by atoms with Crippen molar-refractivity contribution in [1.29, 1.82) is 0 Å². The second-order valence-corrected chi connectivity index (χ2v) is 3.71. The molecule has 0 radical (unpaired) electrons. The second kappa shape index (κ2) is 5.00. The molecule has 0 N–H and O–H groups in total. The van der Waals surface area contributed by atoms with Gasteiger partial charge in [0.15, 0.2) is 11.5 Å². The number of thiophene rings is 1. The number of fused-ring (bicyclic) bond motifs is 1. The summed E-state index contributed by atoms with van der Waals surface area (Å²) in [6, 6.07) is 0. The SMILES string of the molecule is O=C([O-])c1sc(C(=O)[O-])c2c1OCCO2.[Cd+2]. The van der Waals surface area contributed by atoms with E-state index in [2.05, 4.69) is 0 Å².